The SMILES string of the molecule is Cc1cc(C)c2c(n1)sc1c(=O)n(N=Cc3cccs3)cnc12. The second kappa shape index (κ2) is 5.36. The van der Waals surface area contributed by atoms with Gasteiger partial charge in [0.15, 0.2) is 0 Å². The normalized spacial score (nSPS) is 11.9. The summed E-state index contributed by atoms with van der Waals surface area (Å²) in [5.74, 6) is 0. The van der Waals surface area contributed by atoms with Crippen LogP contribution in [0.3, 0.4) is 0 Å². The van der Waals surface area contributed by atoms with Crippen LogP contribution >= 0.6 is 22.7 Å². The molecule has 23 heavy (non-hydrogen) atoms. The average molecular weight is 340 g/mol. The zero-order valence-electron chi connectivity index (χ0n) is 12.5. The smallest absolute Gasteiger partial charge is 0.266 e. The van der Waals surface area contributed by atoms with E-state index in [2.05, 4.69) is 15.1 Å². The van der Waals surface area contributed by atoms with Gasteiger partial charge in [0.25, 0.3) is 5.56 Å². The minimum absolute atomic E-state index is 0.164. The van der Waals surface area contributed by atoms with Crippen LogP contribution in [0.15, 0.2) is 39.8 Å². The molecule has 5 nitrogen and oxygen atoms in total. The molecule has 0 aromatic carbocycles. The lowest BCUT2D eigenvalue weighted by molar-refractivity contribution is 0.820. The van der Waals surface area contributed by atoms with Gasteiger partial charge in [0, 0.05) is 16.0 Å². The predicted octanol–water partition coefficient (Wildman–Crippen LogP) is 3.57. The summed E-state index contributed by atoms with van der Waals surface area (Å²) in [4.78, 5) is 23.5. The molecule has 0 unspecified atom stereocenters. The molecule has 114 valence electrons. The molecule has 4 rings (SSSR count). The van der Waals surface area contributed by atoms with E-state index in [1.807, 2.05) is 37.4 Å². The fraction of sp³-hybridized carbons (Fsp3) is 0.125. The fourth-order valence-electron chi connectivity index (χ4n) is 2.53. The van der Waals surface area contributed by atoms with E-state index in [0.29, 0.717) is 10.2 Å². The highest BCUT2D eigenvalue weighted by molar-refractivity contribution is 7.25. The number of aryl methyl sites for hydroxylation is 2. The van der Waals surface area contributed by atoms with Crippen LogP contribution in [0, 0.1) is 13.8 Å². The van der Waals surface area contributed by atoms with Gasteiger partial charge in [-0.3, -0.25) is 4.79 Å². The number of hydrogen-bond donors (Lipinski definition) is 0. The van der Waals surface area contributed by atoms with Gasteiger partial charge in [-0.2, -0.15) is 9.78 Å². The Morgan fingerprint density at radius 2 is 2.22 bits per heavy atom. The van der Waals surface area contributed by atoms with Crippen molar-refractivity contribution < 1.29 is 0 Å². The van der Waals surface area contributed by atoms with Gasteiger partial charge in [0.1, 0.15) is 15.9 Å². The van der Waals surface area contributed by atoms with E-state index in [9.17, 15) is 4.79 Å². The highest BCUT2D eigenvalue weighted by atomic mass is 32.1. The molecular weight excluding hydrogens is 328 g/mol. The lowest BCUT2D eigenvalue weighted by Crippen LogP contribution is -2.15. The van der Waals surface area contributed by atoms with E-state index in [4.69, 9.17) is 0 Å². The zero-order chi connectivity index (χ0) is 16.0. The van der Waals surface area contributed by atoms with Crippen molar-refractivity contribution in [1.82, 2.24) is 14.6 Å². The largest absolute Gasteiger partial charge is 0.291 e. The van der Waals surface area contributed by atoms with E-state index in [1.54, 1.807) is 17.6 Å². The molecular formula is C16H12N4OS2. The van der Waals surface area contributed by atoms with Crippen LogP contribution in [0.4, 0.5) is 0 Å². The van der Waals surface area contributed by atoms with Crippen molar-refractivity contribution in [3.63, 3.8) is 0 Å². The fourth-order valence-corrected chi connectivity index (χ4v) is 4.28. The van der Waals surface area contributed by atoms with Crippen LogP contribution in [0.25, 0.3) is 20.4 Å². The van der Waals surface area contributed by atoms with E-state index in [1.165, 1.54) is 22.3 Å². The van der Waals surface area contributed by atoms with Crippen LogP contribution in [0.1, 0.15) is 16.1 Å². The summed E-state index contributed by atoms with van der Waals surface area (Å²) in [6, 6.07) is 5.90. The van der Waals surface area contributed by atoms with Crippen LogP contribution in [0.5, 0.6) is 0 Å². The first-order valence-corrected chi connectivity index (χ1v) is 8.69. The van der Waals surface area contributed by atoms with Gasteiger partial charge < -0.3 is 0 Å². The Balaban J connectivity index is 1.93. The van der Waals surface area contributed by atoms with Crippen molar-refractivity contribution in [2.45, 2.75) is 13.8 Å². The van der Waals surface area contributed by atoms with Crippen molar-refractivity contribution >= 4 is 49.3 Å². The second-order valence-electron chi connectivity index (χ2n) is 5.19. The molecule has 0 saturated heterocycles. The molecule has 0 radical (unpaired) electrons. The quantitative estimate of drug-likeness (QED) is 0.524. The molecule has 4 aromatic heterocycles. The van der Waals surface area contributed by atoms with Crippen molar-refractivity contribution in [1.29, 1.82) is 0 Å². The lowest BCUT2D eigenvalue weighted by atomic mass is 10.1. The van der Waals surface area contributed by atoms with Gasteiger partial charge in [-0.15, -0.1) is 22.7 Å². The van der Waals surface area contributed by atoms with Gasteiger partial charge in [-0.25, -0.2) is 9.97 Å². The van der Waals surface area contributed by atoms with Crippen LogP contribution in [-0.4, -0.2) is 20.9 Å². The number of hydrogen-bond acceptors (Lipinski definition) is 6. The molecule has 0 saturated carbocycles. The van der Waals surface area contributed by atoms with E-state index in [0.717, 1.165) is 26.4 Å². The first-order valence-electron chi connectivity index (χ1n) is 6.99. The van der Waals surface area contributed by atoms with Gasteiger partial charge in [0.05, 0.1) is 11.7 Å². The van der Waals surface area contributed by atoms with E-state index < -0.39 is 0 Å². The summed E-state index contributed by atoms with van der Waals surface area (Å²) < 4.78 is 1.87. The molecule has 0 bridgehead atoms. The van der Waals surface area contributed by atoms with Crippen molar-refractivity contribution in [3.8, 4) is 0 Å². The molecule has 0 aliphatic heterocycles. The topological polar surface area (TPSA) is 60.1 Å². The number of rotatable bonds is 2. The Morgan fingerprint density at radius 1 is 1.35 bits per heavy atom. The number of aromatic nitrogens is 3. The summed E-state index contributed by atoms with van der Waals surface area (Å²) in [6.07, 6.45) is 3.14. The molecule has 4 heterocycles. The summed E-state index contributed by atoms with van der Waals surface area (Å²) in [7, 11) is 0. The first-order chi connectivity index (χ1) is 11.1. The maximum atomic E-state index is 12.6. The summed E-state index contributed by atoms with van der Waals surface area (Å²) in [5, 5.41) is 7.15. The third-order valence-electron chi connectivity index (χ3n) is 3.51. The monoisotopic (exact) mass is 340 g/mol. The highest BCUT2D eigenvalue weighted by Crippen LogP contribution is 2.31. The van der Waals surface area contributed by atoms with E-state index >= 15 is 0 Å². The molecule has 0 aliphatic rings. The molecule has 7 heteroatoms. The first kappa shape index (κ1) is 14.2. The minimum atomic E-state index is -0.164. The van der Waals surface area contributed by atoms with Crippen molar-refractivity contribution in [2.24, 2.45) is 5.10 Å². The van der Waals surface area contributed by atoms with Crippen LogP contribution in [0.2, 0.25) is 0 Å². The van der Waals surface area contributed by atoms with Gasteiger partial charge >= 0.3 is 0 Å². The molecule has 0 aliphatic carbocycles. The summed E-state index contributed by atoms with van der Waals surface area (Å²) in [5.41, 5.74) is 2.58. The molecule has 0 N–H and O–H groups in total. The highest BCUT2D eigenvalue weighted by Gasteiger charge is 2.14. The average Bonchev–Trinajstić information content (AvgIpc) is 3.13. The Hall–Kier alpha value is -2.38. The Morgan fingerprint density at radius 3 is 3.00 bits per heavy atom. The number of pyridine rings is 1. The number of thiophene rings is 2. The van der Waals surface area contributed by atoms with Crippen molar-refractivity contribution in [2.75, 3.05) is 0 Å². The predicted molar refractivity (Wildman–Crippen MR) is 96.0 cm³/mol. The lowest BCUT2D eigenvalue weighted by Gasteiger charge is -1.99. The van der Waals surface area contributed by atoms with E-state index in [-0.39, 0.29) is 5.56 Å². The summed E-state index contributed by atoms with van der Waals surface area (Å²) in [6.45, 7) is 3.97. The Labute approximate surface area is 139 Å². The maximum absolute atomic E-state index is 12.6. The molecule has 0 fully saturated rings. The number of fused-ring (bicyclic) bond motifs is 3. The van der Waals surface area contributed by atoms with Crippen molar-refractivity contribution in [3.05, 3.63) is 56.4 Å². The Bertz CT molecular complexity index is 1110. The Kier molecular flexibility index (Phi) is 3.32. The third-order valence-corrected chi connectivity index (χ3v) is 5.38. The third kappa shape index (κ3) is 2.38. The van der Waals surface area contributed by atoms with Gasteiger partial charge in [-0.1, -0.05) is 6.07 Å². The molecule has 0 spiro atoms. The maximum Gasteiger partial charge on any atom is 0.291 e. The standard InChI is InChI=1S/C16H12N4OS2/c1-9-6-10(2)19-15-12(9)13-14(23-15)16(21)20(8-17-13)18-7-11-4-3-5-22-11/h3-8H,1-2H3. The molecule has 0 atom stereocenters. The second-order valence-corrected chi connectivity index (χ2v) is 7.17. The van der Waals surface area contributed by atoms with Crippen LogP contribution < -0.4 is 5.56 Å². The summed E-state index contributed by atoms with van der Waals surface area (Å²) >= 11 is 2.94. The van der Waals surface area contributed by atoms with Gasteiger partial charge in [-0.05, 0) is 36.9 Å². The number of nitrogens with zero attached hydrogens (tertiary/aromatic N) is 4. The molecule has 0 amide bonds. The van der Waals surface area contributed by atoms with Gasteiger partial charge in [0.2, 0.25) is 0 Å². The zero-order valence-corrected chi connectivity index (χ0v) is 14.1. The minimum Gasteiger partial charge on any atom is -0.266 e. The van der Waals surface area contributed by atoms with Crippen LogP contribution in [-0.2, 0) is 0 Å². The molecule has 4 aromatic rings.